The minimum atomic E-state index is -0.649. The Kier molecular flexibility index (Phi) is 4.91. The molecular weight excluding hydrogens is 381 g/mol. The normalized spacial score (nSPS) is 16.9. The molecule has 1 fully saturated rings. The Morgan fingerprint density at radius 2 is 1.96 bits per heavy atom. The number of nitrogens with two attached hydrogens (primary N) is 1. The van der Waals surface area contributed by atoms with Crippen LogP contribution < -0.4 is 5.73 Å². The van der Waals surface area contributed by atoms with E-state index in [9.17, 15) is 14.0 Å². The van der Waals surface area contributed by atoms with E-state index in [0.717, 1.165) is 17.7 Å². The van der Waals surface area contributed by atoms with Gasteiger partial charge in [0.25, 0.3) is 5.91 Å². The number of likely N-dealkylation sites (tertiary alicyclic amines) is 1. The molecule has 0 aliphatic carbocycles. The molecule has 4 rings (SSSR count). The zero-order valence-corrected chi connectivity index (χ0v) is 15.7. The predicted molar refractivity (Wildman–Crippen MR) is 102 cm³/mol. The minimum absolute atomic E-state index is 0.0131. The zero-order valence-electron chi connectivity index (χ0n) is 14.9. The number of rotatable bonds is 4. The molecule has 1 aliphatic rings. The molecule has 1 aromatic carbocycles. The topological polar surface area (TPSA) is 94.1 Å². The number of thiophene rings is 1. The van der Waals surface area contributed by atoms with Crippen LogP contribution >= 0.6 is 11.3 Å². The van der Waals surface area contributed by atoms with Gasteiger partial charge in [-0.15, -0.1) is 16.4 Å². The van der Waals surface area contributed by atoms with Gasteiger partial charge < -0.3 is 10.6 Å². The number of hydrogen-bond donors (Lipinski definition) is 1. The van der Waals surface area contributed by atoms with Crippen LogP contribution in [-0.2, 0) is 4.79 Å². The van der Waals surface area contributed by atoms with Crippen LogP contribution in [0.25, 0.3) is 16.4 Å². The molecule has 0 saturated carbocycles. The smallest absolute Gasteiger partial charge is 0.294 e. The van der Waals surface area contributed by atoms with E-state index in [1.807, 2.05) is 17.5 Å². The predicted octanol–water partition coefficient (Wildman–Crippen LogP) is 2.61. The molecule has 0 spiro atoms. The SMILES string of the molecule is NC(=O)C1CCCCN1C(=O)c1nc(-c2cccs2)n(-c2ccc(F)cc2)n1. The van der Waals surface area contributed by atoms with Crippen molar-refractivity contribution in [3.8, 4) is 16.4 Å². The van der Waals surface area contributed by atoms with Gasteiger partial charge in [0.05, 0.1) is 10.6 Å². The lowest BCUT2D eigenvalue weighted by atomic mass is 10.0. The fourth-order valence-corrected chi connectivity index (χ4v) is 4.03. The summed E-state index contributed by atoms with van der Waals surface area (Å²) in [6.07, 6.45) is 2.18. The molecule has 1 saturated heterocycles. The van der Waals surface area contributed by atoms with Crippen molar-refractivity contribution in [1.82, 2.24) is 19.7 Å². The van der Waals surface area contributed by atoms with E-state index >= 15 is 0 Å². The molecule has 144 valence electrons. The van der Waals surface area contributed by atoms with Crippen LogP contribution in [0.2, 0.25) is 0 Å². The lowest BCUT2D eigenvalue weighted by molar-refractivity contribution is -0.123. The van der Waals surface area contributed by atoms with Crippen LogP contribution in [0.4, 0.5) is 4.39 Å². The summed E-state index contributed by atoms with van der Waals surface area (Å²) in [5, 5.41) is 6.28. The summed E-state index contributed by atoms with van der Waals surface area (Å²) in [5.41, 5.74) is 6.06. The first-order valence-corrected chi connectivity index (χ1v) is 9.80. The van der Waals surface area contributed by atoms with E-state index in [0.29, 0.717) is 24.5 Å². The van der Waals surface area contributed by atoms with E-state index in [1.54, 1.807) is 12.1 Å². The third-order valence-corrected chi connectivity index (χ3v) is 5.57. The molecule has 1 atom stereocenters. The summed E-state index contributed by atoms with van der Waals surface area (Å²) in [6.45, 7) is 0.436. The number of halogens is 1. The van der Waals surface area contributed by atoms with Gasteiger partial charge in [-0.2, -0.15) is 0 Å². The van der Waals surface area contributed by atoms with Gasteiger partial charge in [0.15, 0.2) is 5.82 Å². The van der Waals surface area contributed by atoms with Crippen LogP contribution in [0, 0.1) is 5.82 Å². The second-order valence-corrected chi connectivity index (χ2v) is 7.48. The Labute approximate surface area is 164 Å². The first-order chi connectivity index (χ1) is 13.5. The van der Waals surface area contributed by atoms with Gasteiger partial charge in [-0.25, -0.2) is 14.1 Å². The summed E-state index contributed by atoms with van der Waals surface area (Å²) in [5.74, 6) is -0.847. The first kappa shape index (κ1) is 18.3. The van der Waals surface area contributed by atoms with Crippen LogP contribution in [0.15, 0.2) is 41.8 Å². The lowest BCUT2D eigenvalue weighted by Crippen LogP contribution is -2.50. The second kappa shape index (κ2) is 7.51. The van der Waals surface area contributed by atoms with Crippen LogP contribution in [0.3, 0.4) is 0 Å². The number of primary amides is 1. The number of piperidine rings is 1. The maximum atomic E-state index is 13.3. The molecule has 2 amide bonds. The number of carbonyl (C=O) groups is 2. The van der Waals surface area contributed by atoms with Gasteiger partial charge in [-0.1, -0.05) is 6.07 Å². The van der Waals surface area contributed by atoms with Crippen LogP contribution in [-0.4, -0.2) is 44.1 Å². The minimum Gasteiger partial charge on any atom is -0.368 e. The van der Waals surface area contributed by atoms with Gasteiger partial charge in [-0.3, -0.25) is 9.59 Å². The number of benzene rings is 1. The second-order valence-electron chi connectivity index (χ2n) is 6.54. The number of hydrogen-bond acceptors (Lipinski definition) is 5. The van der Waals surface area contributed by atoms with Crippen molar-refractivity contribution >= 4 is 23.2 Å². The molecule has 3 aromatic rings. The summed E-state index contributed by atoms with van der Waals surface area (Å²) >= 11 is 1.46. The number of carbonyl (C=O) groups excluding carboxylic acids is 2. The van der Waals surface area contributed by atoms with Gasteiger partial charge in [0.2, 0.25) is 11.7 Å². The molecule has 0 bridgehead atoms. The highest BCUT2D eigenvalue weighted by Gasteiger charge is 2.33. The first-order valence-electron chi connectivity index (χ1n) is 8.92. The molecule has 1 aliphatic heterocycles. The Hall–Kier alpha value is -3.07. The van der Waals surface area contributed by atoms with Gasteiger partial charge in [-0.05, 0) is 55.0 Å². The highest BCUT2D eigenvalue weighted by Crippen LogP contribution is 2.27. The highest BCUT2D eigenvalue weighted by atomic mass is 32.1. The Bertz CT molecular complexity index is 1000. The molecule has 2 N–H and O–H groups in total. The monoisotopic (exact) mass is 399 g/mol. The standard InChI is InChI=1S/C19H18FN5O2S/c20-12-6-8-13(9-7-12)25-18(15-5-3-11-28-15)22-17(23-25)19(27)24-10-2-1-4-14(24)16(21)26/h3,5-9,11,14H,1-2,4,10H2,(H2,21,26). The molecule has 28 heavy (non-hydrogen) atoms. The largest absolute Gasteiger partial charge is 0.368 e. The third-order valence-electron chi connectivity index (χ3n) is 4.70. The zero-order chi connectivity index (χ0) is 19.7. The van der Waals surface area contributed by atoms with Crippen LogP contribution in [0.1, 0.15) is 29.9 Å². The van der Waals surface area contributed by atoms with Crippen molar-refractivity contribution in [3.05, 3.63) is 53.4 Å². The third kappa shape index (κ3) is 3.40. The van der Waals surface area contributed by atoms with Crippen molar-refractivity contribution < 1.29 is 14.0 Å². The van der Waals surface area contributed by atoms with Crippen molar-refractivity contribution in [3.63, 3.8) is 0 Å². The maximum Gasteiger partial charge on any atom is 0.294 e. The average Bonchev–Trinajstić information content (AvgIpc) is 3.37. The highest BCUT2D eigenvalue weighted by molar-refractivity contribution is 7.13. The quantitative estimate of drug-likeness (QED) is 0.730. The van der Waals surface area contributed by atoms with Gasteiger partial charge in [0, 0.05) is 6.54 Å². The maximum absolute atomic E-state index is 13.3. The Morgan fingerprint density at radius 3 is 2.64 bits per heavy atom. The number of nitrogens with zero attached hydrogens (tertiary/aromatic N) is 4. The molecule has 9 heteroatoms. The van der Waals surface area contributed by atoms with Crippen molar-refractivity contribution in [2.45, 2.75) is 25.3 Å². The molecule has 1 unspecified atom stereocenters. The Morgan fingerprint density at radius 1 is 1.18 bits per heavy atom. The summed E-state index contributed by atoms with van der Waals surface area (Å²) in [6, 6.07) is 8.89. The fourth-order valence-electron chi connectivity index (χ4n) is 3.33. The fraction of sp³-hybridized carbons (Fsp3) is 0.263. The van der Waals surface area contributed by atoms with Gasteiger partial charge in [0.1, 0.15) is 11.9 Å². The molecule has 7 nitrogen and oxygen atoms in total. The van der Waals surface area contributed by atoms with Crippen molar-refractivity contribution in [2.24, 2.45) is 5.73 Å². The molecular formula is C19H18FN5O2S. The van der Waals surface area contributed by atoms with E-state index in [-0.39, 0.29) is 11.6 Å². The summed E-state index contributed by atoms with van der Waals surface area (Å²) in [7, 11) is 0. The average molecular weight is 399 g/mol. The summed E-state index contributed by atoms with van der Waals surface area (Å²) < 4.78 is 14.8. The summed E-state index contributed by atoms with van der Waals surface area (Å²) in [4.78, 5) is 31.5. The number of amides is 2. The van der Waals surface area contributed by atoms with E-state index < -0.39 is 17.9 Å². The molecule has 0 radical (unpaired) electrons. The van der Waals surface area contributed by atoms with Crippen molar-refractivity contribution in [2.75, 3.05) is 6.54 Å². The molecule has 3 heterocycles. The molecule has 2 aromatic heterocycles. The van der Waals surface area contributed by atoms with E-state index in [1.165, 1.54) is 33.1 Å². The lowest BCUT2D eigenvalue weighted by Gasteiger charge is -2.32. The van der Waals surface area contributed by atoms with E-state index in [4.69, 9.17) is 5.73 Å². The van der Waals surface area contributed by atoms with Gasteiger partial charge >= 0.3 is 0 Å². The van der Waals surface area contributed by atoms with E-state index in [2.05, 4.69) is 10.1 Å². The van der Waals surface area contributed by atoms with Crippen LogP contribution in [0.5, 0.6) is 0 Å². The number of aromatic nitrogens is 3. The van der Waals surface area contributed by atoms with Crippen molar-refractivity contribution in [1.29, 1.82) is 0 Å². The Balaban J connectivity index is 1.76.